The lowest BCUT2D eigenvalue weighted by atomic mass is 9.92. The molecule has 1 fully saturated rings. The summed E-state index contributed by atoms with van der Waals surface area (Å²) in [6, 6.07) is 7.80. The van der Waals surface area contributed by atoms with Gasteiger partial charge in [0.05, 0.1) is 30.5 Å². The number of hydrogen-bond donors (Lipinski definition) is 2. The summed E-state index contributed by atoms with van der Waals surface area (Å²) in [5.74, 6) is 1.97. The van der Waals surface area contributed by atoms with Crippen molar-refractivity contribution in [3.05, 3.63) is 36.7 Å². The Kier molecular flexibility index (Phi) is 5.37. The Hall–Kier alpha value is -2.72. The average Bonchev–Trinajstić information content (AvgIpc) is 3.13. The predicted molar refractivity (Wildman–Crippen MR) is 111 cm³/mol. The van der Waals surface area contributed by atoms with Gasteiger partial charge in [-0.15, -0.1) is 0 Å². The third-order valence-electron chi connectivity index (χ3n) is 5.09. The van der Waals surface area contributed by atoms with Crippen molar-refractivity contribution in [2.45, 2.75) is 37.8 Å². The summed E-state index contributed by atoms with van der Waals surface area (Å²) in [4.78, 5) is 8.96. The molecule has 0 radical (unpaired) electrons. The molecule has 29 heavy (non-hydrogen) atoms. The summed E-state index contributed by atoms with van der Waals surface area (Å²) >= 11 is 0. The van der Waals surface area contributed by atoms with Gasteiger partial charge in [-0.1, -0.05) is 6.07 Å². The fourth-order valence-electron chi connectivity index (χ4n) is 3.76. The lowest BCUT2D eigenvalue weighted by Crippen LogP contribution is -2.39. The second kappa shape index (κ2) is 7.96. The first-order valence-corrected chi connectivity index (χ1v) is 11.4. The van der Waals surface area contributed by atoms with Crippen molar-refractivity contribution in [2.24, 2.45) is 0 Å². The number of methoxy groups -OCH3 is 1. The van der Waals surface area contributed by atoms with Crippen LogP contribution in [0.25, 0.3) is 16.7 Å². The first kappa shape index (κ1) is 19.6. The minimum absolute atomic E-state index is 0.000668. The smallest absolute Gasteiger partial charge is 0.224 e. The summed E-state index contributed by atoms with van der Waals surface area (Å²) in [7, 11) is -1.53. The van der Waals surface area contributed by atoms with E-state index in [9.17, 15) is 8.42 Å². The fourth-order valence-corrected chi connectivity index (χ4v) is 4.60. The molecular formula is C19H24N6O3S. The van der Waals surface area contributed by atoms with E-state index in [0.29, 0.717) is 11.8 Å². The second-order valence-electron chi connectivity index (χ2n) is 7.27. The van der Waals surface area contributed by atoms with Gasteiger partial charge in [0.2, 0.25) is 16.0 Å². The maximum absolute atomic E-state index is 11.4. The molecule has 1 aromatic carbocycles. The Morgan fingerprint density at radius 1 is 1.14 bits per heavy atom. The van der Waals surface area contributed by atoms with Crippen LogP contribution in [0, 0.1) is 0 Å². The zero-order valence-electron chi connectivity index (χ0n) is 16.4. The van der Waals surface area contributed by atoms with Crippen molar-refractivity contribution >= 4 is 26.9 Å². The van der Waals surface area contributed by atoms with Crippen LogP contribution in [0.1, 0.15) is 25.7 Å². The van der Waals surface area contributed by atoms with Gasteiger partial charge in [-0.2, -0.15) is 10.1 Å². The van der Waals surface area contributed by atoms with E-state index in [-0.39, 0.29) is 12.1 Å². The minimum Gasteiger partial charge on any atom is -0.496 e. The van der Waals surface area contributed by atoms with Gasteiger partial charge in [0.15, 0.2) is 5.82 Å². The third kappa shape index (κ3) is 4.48. The van der Waals surface area contributed by atoms with Crippen LogP contribution in [0.3, 0.4) is 0 Å². The number of rotatable bonds is 6. The second-order valence-corrected chi connectivity index (χ2v) is 9.05. The van der Waals surface area contributed by atoms with Crippen molar-refractivity contribution in [1.82, 2.24) is 24.5 Å². The van der Waals surface area contributed by atoms with Gasteiger partial charge in [-0.3, -0.25) is 0 Å². The molecular weight excluding hydrogens is 392 g/mol. The summed E-state index contributed by atoms with van der Waals surface area (Å²) in [6.07, 6.45) is 7.94. The van der Waals surface area contributed by atoms with Crippen molar-refractivity contribution in [3.63, 3.8) is 0 Å². The summed E-state index contributed by atoms with van der Waals surface area (Å²) in [5.41, 5.74) is 0.904. The Labute approximate surface area is 169 Å². The van der Waals surface area contributed by atoms with Gasteiger partial charge >= 0.3 is 0 Å². The first-order chi connectivity index (χ1) is 13.9. The molecule has 0 amide bonds. The number of hydrogen-bond acceptors (Lipinski definition) is 7. The average molecular weight is 417 g/mol. The quantitative estimate of drug-likeness (QED) is 0.633. The van der Waals surface area contributed by atoms with Gasteiger partial charge in [0, 0.05) is 24.3 Å². The lowest BCUT2D eigenvalue weighted by molar-refractivity contribution is 0.387. The molecule has 0 atom stereocenters. The molecule has 0 aliphatic heterocycles. The highest BCUT2D eigenvalue weighted by Crippen LogP contribution is 2.27. The van der Waals surface area contributed by atoms with Gasteiger partial charge < -0.3 is 10.1 Å². The molecule has 10 heteroatoms. The molecule has 1 saturated carbocycles. The Bertz CT molecular complexity index is 1110. The fraction of sp³-hybridized carbons (Fsp3) is 0.421. The van der Waals surface area contributed by atoms with E-state index < -0.39 is 10.0 Å². The van der Waals surface area contributed by atoms with Crippen LogP contribution in [0.15, 0.2) is 36.7 Å². The monoisotopic (exact) mass is 416 g/mol. The normalized spacial score (nSPS) is 19.9. The topological polar surface area (TPSA) is 111 Å². The minimum atomic E-state index is -3.17. The zero-order valence-corrected chi connectivity index (χ0v) is 17.2. The molecule has 154 valence electrons. The van der Waals surface area contributed by atoms with Crippen molar-refractivity contribution in [3.8, 4) is 11.6 Å². The number of aromatic nitrogens is 4. The van der Waals surface area contributed by atoms with E-state index in [1.54, 1.807) is 24.2 Å². The van der Waals surface area contributed by atoms with Gasteiger partial charge in [0.25, 0.3) is 0 Å². The third-order valence-corrected chi connectivity index (χ3v) is 5.85. The van der Waals surface area contributed by atoms with E-state index in [1.807, 2.05) is 24.3 Å². The van der Waals surface area contributed by atoms with E-state index in [0.717, 1.165) is 42.3 Å². The first-order valence-electron chi connectivity index (χ1n) is 9.51. The van der Waals surface area contributed by atoms with E-state index in [4.69, 9.17) is 4.74 Å². The summed E-state index contributed by atoms with van der Waals surface area (Å²) < 4.78 is 32.6. The van der Waals surface area contributed by atoms with Crippen LogP contribution >= 0.6 is 0 Å². The SMILES string of the molecule is COc1cccc2c1cnn2-c1ccnc(N[C@H]2CC[C@H](NS(C)(=O)=O)CC2)n1. The highest BCUT2D eigenvalue weighted by atomic mass is 32.2. The standard InChI is InChI=1S/C19H24N6O3S/c1-28-17-5-3-4-16-15(17)12-21-25(16)18-10-11-20-19(23-18)22-13-6-8-14(9-7-13)24-29(2,26)27/h3-5,10-14,24H,6-9H2,1-2H3,(H,20,22,23)/t13-,14-. The van der Waals surface area contributed by atoms with E-state index in [2.05, 4.69) is 25.1 Å². The number of nitrogens with zero attached hydrogens (tertiary/aromatic N) is 4. The van der Waals surface area contributed by atoms with Crippen LogP contribution in [0.2, 0.25) is 0 Å². The predicted octanol–water partition coefficient (Wildman–Crippen LogP) is 2.10. The van der Waals surface area contributed by atoms with Crippen LogP contribution in [-0.2, 0) is 10.0 Å². The van der Waals surface area contributed by atoms with Crippen molar-refractivity contribution in [2.75, 3.05) is 18.7 Å². The highest BCUT2D eigenvalue weighted by Gasteiger charge is 2.23. The number of fused-ring (bicyclic) bond motifs is 1. The van der Waals surface area contributed by atoms with Crippen LogP contribution in [0.5, 0.6) is 5.75 Å². The van der Waals surface area contributed by atoms with Crippen molar-refractivity contribution < 1.29 is 13.2 Å². The molecule has 1 aliphatic rings. The molecule has 9 nitrogen and oxygen atoms in total. The van der Waals surface area contributed by atoms with Crippen LogP contribution in [-0.4, -0.2) is 53.6 Å². The summed E-state index contributed by atoms with van der Waals surface area (Å²) in [6.45, 7) is 0. The van der Waals surface area contributed by atoms with E-state index >= 15 is 0 Å². The molecule has 0 unspecified atom stereocenters. The van der Waals surface area contributed by atoms with Gasteiger partial charge in [-0.05, 0) is 37.8 Å². The Balaban J connectivity index is 1.48. The number of anilines is 1. The molecule has 0 bridgehead atoms. The maximum Gasteiger partial charge on any atom is 0.224 e. The molecule has 4 rings (SSSR count). The molecule has 0 spiro atoms. The molecule has 2 N–H and O–H groups in total. The van der Waals surface area contributed by atoms with Gasteiger partial charge in [-0.25, -0.2) is 22.8 Å². The van der Waals surface area contributed by atoms with Crippen LogP contribution in [0.4, 0.5) is 5.95 Å². The number of ether oxygens (including phenoxy) is 1. The van der Waals surface area contributed by atoms with Gasteiger partial charge in [0.1, 0.15) is 5.75 Å². The highest BCUT2D eigenvalue weighted by molar-refractivity contribution is 7.88. The molecule has 3 aromatic rings. The molecule has 1 aliphatic carbocycles. The Morgan fingerprint density at radius 3 is 2.62 bits per heavy atom. The van der Waals surface area contributed by atoms with E-state index in [1.165, 1.54) is 6.26 Å². The number of benzene rings is 1. The lowest BCUT2D eigenvalue weighted by Gasteiger charge is -2.29. The Morgan fingerprint density at radius 2 is 1.90 bits per heavy atom. The zero-order chi connectivity index (χ0) is 20.4. The molecule has 2 aromatic heterocycles. The number of nitrogens with one attached hydrogen (secondary N) is 2. The van der Waals surface area contributed by atoms with Crippen LogP contribution < -0.4 is 14.8 Å². The molecule has 0 saturated heterocycles. The molecule has 2 heterocycles. The number of sulfonamides is 1. The largest absolute Gasteiger partial charge is 0.496 e. The van der Waals surface area contributed by atoms with Crippen molar-refractivity contribution in [1.29, 1.82) is 0 Å². The maximum atomic E-state index is 11.4. The summed E-state index contributed by atoms with van der Waals surface area (Å²) in [5, 5.41) is 8.75.